The van der Waals surface area contributed by atoms with Crippen LogP contribution in [0.15, 0.2) is 36.4 Å². The van der Waals surface area contributed by atoms with E-state index in [-0.39, 0.29) is 11.7 Å². The Morgan fingerprint density at radius 3 is 2.66 bits per heavy atom. The number of nitrogens with one attached hydrogen (secondary N) is 1. The smallest absolute Gasteiger partial charge is 0.281 e. The van der Waals surface area contributed by atoms with Crippen LogP contribution in [0.1, 0.15) is 44.0 Å². The van der Waals surface area contributed by atoms with E-state index in [1.54, 1.807) is 16.4 Å². The van der Waals surface area contributed by atoms with Crippen molar-refractivity contribution in [2.75, 3.05) is 31.5 Å². The molecule has 0 aliphatic carbocycles. The quantitative estimate of drug-likeness (QED) is 0.734. The molecule has 0 spiro atoms. The molecular weight excluding hydrogens is 391 g/mol. The summed E-state index contributed by atoms with van der Waals surface area (Å²) >= 11 is 0. The molecule has 0 amide bonds. The third kappa shape index (κ3) is 5.12. The summed E-state index contributed by atoms with van der Waals surface area (Å²) in [5, 5.41) is 3.22. The van der Waals surface area contributed by atoms with Crippen LogP contribution in [0, 0.1) is 12.7 Å². The van der Waals surface area contributed by atoms with Crippen LogP contribution in [0.3, 0.4) is 0 Å². The largest absolute Gasteiger partial charge is 0.355 e. The molecule has 0 radical (unpaired) electrons. The SMILES string of the molecule is CCN(CC)S(=O)(=O)N1CCC[C@H](c2cc(Nc3cccc(F)c3)cc(C)n2)C1. The zero-order valence-electron chi connectivity index (χ0n) is 17.2. The molecule has 1 aliphatic rings. The van der Waals surface area contributed by atoms with Crippen LogP contribution in [0.4, 0.5) is 15.8 Å². The van der Waals surface area contributed by atoms with E-state index >= 15 is 0 Å². The Morgan fingerprint density at radius 1 is 1.21 bits per heavy atom. The second-order valence-electron chi connectivity index (χ2n) is 7.35. The third-order valence-electron chi connectivity index (χ3n) is 5.25. The standard InChI is InChI=1S/C21H29FN4O2S/c1-4-25(5-2)29(27,28)26-11-7-8-17(15-26)21-14-20(12-16(3)23-21)24-19-10-6-9-18(22)13-19/h6,9-10,12-14,17H,4-5,7-8,11,15H2,1-3H3,(H,23,24)/t17-/m0/s1. The lowest BCUT2D eigenvalue weighted by Crippen LogP contribution is -2.47. The van der Waals surface area contributed by atoms with Gasteiger partial charge in [0.1, 0.15) is 5.82 Å². The number of anilines is 2. The molecule has 6 nitrogen and oxygen atoms in total. The Kier molecular flexibility index (Phi) is 6.87. The van der Waals surface area contributed by atoms with Gasteiger partial charge >= 0.3 is 0 Å². The average molecular weight is 421 g/mol. The number of rotatable bonds is 7. The van der Waals surface area contributed by atoms with E-state index in [2.05, 4.69) is 10.3 Å². The van der Waals surface area contributed by atoms with Crippen molar-refractivity contribution in [3.8, 4) is 0 Å². The molecule has 1 N–H and O–H groups in total. The molecule has 3 rings (SSSR count). The molecule has 1 atom stereocenters. The Morgan fingerprint density at radius 2 is 1.97 bits per heavy atom. The normalized spacial score (nSPS) is 18.2. The summed E-state index contributed by atoms with van der Waals surface area (Å²) in [6.07, 6.45) is 1.69. The highest BCUT2D eigenvalue weighted by Crippen LogP contribution is 2.30. The van der Waals surface area contributed by atoms with Crippen LogP contribution in [0.2, 0.25) is 0 Å². The van der Waals surface area contributed by atoms with E-state index in [4.69, 9.17) is 0 Å². The first-order chi connectivity index (χ1) is 13.8. The minimum atomic E-state index is -3.46. The van der Waals surface area contributed by atoms with Crippen LogP contribution >= 0.6 is 0 Å². The Bertz CT molecular complexity index is 947. The molecular formula is C21H29FN4O2S. The maximum Gasteiger partial charge on any atom is 0.281 e. The van der Waals surface area contributed by atoms with Crippen molar-refractivity contribution in [1.29, 1.82) is 0 Å². The van der Waals surface area contributed by atoms with Gasteiger partial charge in [-0.2, -0.15) is 17.0 Å². The summed E-state index contributed by atoms with van der Waals surface area (Å²) < 4.78 is 42.4. The molecule has 0 bridgehead atoms. The van der Waals surface area contributed by atoms with E-state index in [1.165, 1.54) is 16.4 Å². The first kappa shape index (κ1) is 21.7. The minimum Gasteiger partial charge on any atom is -0.355 e. The van der Waals surface area contributed by atoms with Crippen molar-refractivity contribution < 1.29 is 12.8 Å². The Labute approximate surface area is 172 Å². The predicted octanol–water partition coefficient (Wildman–Crippen LogP) is 4.04. The Hall–Kier alpha value is -2.03. The molecule has 2 aromatic rings. The van der Waals surface area contributed by atoms with Gasteiger partial charge in [0.2, 0.25) is 0 Å². The number of benzene rings is 1. The van der Waals surface area contributed by atoms with Gasteiger partial charge in [-0.3, -0.25) is 4.98 Å². The van der Waals surface area contributed by atoms with Crippen molar-refractivity contribution in [3.63, 3.8) is 0 Å². The van der Waals surface area contributed by atoms with Gasteiger partial charge in [-0.05, 0) is 50.1 Å². The minimum absolute atomic E-state index is 0.0297. The monoisotopic (exact) mass is 420 g/mol. The van der Waals surface area contributed by atoms with Crippen molar-refractivity contribution in [3.05, 3.63) is 53.6 Å². The number of nitrogens with zero attached hydrogens (tertiary/aromatic N) is 3. The fraction of sp³-hybridized carbons (Fsp3) is 0.476. The lowest BCUT2D eigenvalue weighted by Gasteiger charge is -2.35. The van der Waals surface area contributed by atoms with Crippen LogP contribution in [-0.2, 0) is 10.2 Å². The second kappa shape index (κ2) is 9.19. The van der Waals surface area contributed by atoms with Crippen LogP contribution in [0.5, 0.6) is 0 Å². The lowest BCUT2D eigenvalue weighted by atomic mass is 9.95. The molecule has 2 heterocycles. The zero-order chi connectivity index (χ0) is 21.0. The average Bonchev–Trinajstić information content (AvgIpc) is 2.68. The summed E-state index contributed by atoms with van der Waals surface area (Å²) in [4.78, 5) is 4.67. The molecule has 1 saturated heterocycles. The number of halogens is 1. The first-order valence-electron chi connectivity index (χ1n) is 10.1. The second-order valence-corrected chi connectivity index (χ2v) is 9.28. The highest BCUT2D eigenvalue weighted by Gasteiger charge is 2.33. The number of hydrogen-bond donors (Lipinski definition) is 1. The topological polar surface area (TPSA) is 65.5 Å². The number of aromatic nitrogens is 1. The predicted molar refractivity (Wildman–Crippen MR) is 114 cm³/mol. The number of aryl methyl sites for hydroxylation is 1. The summed E-state index contributed by atoms with van der Waals surface area (Å²) in [5.41, 5.74) is 3.19. The van der Waals surface area contributed by atoms with Crippen molar-refractivity contribution in [2.45, 2.75) is 39.5 Å². The fourth-order valence-corrected chi connectivity index (χ4v) is 5.52. The highest BCUT2D eigenvalue weighted by molar-refractivity contribution is 7.86. The maximum atomic E-state index is 13.5. The Balaban J connectivity index is 1.82. The van der Waals surface area contributed by atoms with E-state index in [9.17, 15) is 12.8 Å². The van der Waals surface area contributed by atoms with Crippen molar-refractivity contribution in [2.24, 2.45) is 0 Å². The number of hydrogen-bond acceptors (Lipinski definition) is 4. The molecule has 1 aromatic carbocycles. The molecule has 1 aliphatic heterocycles. The molecule has 0 saturated carbocycles. The van der Waals surface area contributed by atoms with Crippen LogP contribution in [0.25, 0.3) is 0 Å². The van der Waals surface area contributed by atoms with Crippen LogP contribution < -0.4 is 5.32 Å². The number of pyridine rings is 1. The van der Waals surface area contributed by atoms with Crippen LogP contribution in [-0.4, -0.2) is 48.2 Å². The van der Waals surface area contributed by atoms with Gasteiger partial charge in [0.05, 0.1) is 0 Å². The van der Waals surface area contributed by atoms with Gasteiger partial charge in [-0.25, -0.2) is 4.39 Å². The molecule has 158 valence electrons. The van der Waals surface area contributed by atoms with E-state index in [0.717, 1.165) is 29.9 Å². The molecule has 1 aromatic heterocycles. The van der Waals surface area contributed by atoms with Gasteiger partial charge in [-0.1, -0.05) is 19.9 Å². The van der Waals surface area contributed by atoms with Gasteiger partial charge in [0.15, 0.2) is 0 Å². The highest BCUT2D eigenvalue weighted by atomic mass is 32.2. The first-order valence-corrected chi connectivity index (χ1v) is 11.5. The van der Waals surface area contributed by atoms with Gasteiger partial charge in [0, 0.05) is 54.9 Å². The number of piperidine rings is 1. The van der Waals surface area contributed by atoms with Gasteiger partial charge in [0.25, 0.3) is 10.2 Å². The molecule has 29 heavy (non-hydrogen) atoms. The molecule has 1 fully saturated rings. The van der Waals surface area contributed by atoms with Crippen molar-refractivity contribution >= 4 is 21.6 Å². The fourth-order valence-electron chi connectivity index (χ4n) is 3.82. The zero-order valence-corrected chi connectivity index (χ0v) is 18.0. The maximum absolute atomic E-state index is 13.5. The van der Waals surface area contributed by atoms with E-state index in [1.807, 2.05) is 32.9 Å². The van der Waals surface area contributed by atoms with E-state index < -0.39 is 10.2 Å². The summed E-state index contributed by atoms with van der Waals surface area (Å²) in [5.74, 6) is -0.271. The lowest BCUT2D eigenvalue weighted by molar-refractivity contribution is 0.285. The van der Waals surface area contributed by atoms with Gasteiger partial charge in [-0.15, -0.1) is 0 Å². The summed E-state index contributed by atoms with van der Waals surface area (Å²) in [7, 11) is -3.46. The van der Waals surface area contributed by atoms with Gasteiger partial charge < -0.3 is 5.32 Å². The van der Waals surface area contributed by atoms with E-state index in [0.29, 0.717) is 31.9 Å². The van der Waals surface area contributed by atoms with Crippen molar-refractivity contribution in [1.82, 2.24) is 13.6 Å². The summed E-state index contributed by atoms with van der Waals surface area (Å²) in [6.45, 7) is 7.51. The molecule has 0 unspecified atom stereocenters. The summed E-state index contributed by atoms with van der Waals surface area (Å²) in [6, 6.07) is 10.1. The third-order valence-corrected chi connectivity index (χ3v) is 7.40. The molecule has 8 heteroatoms.